The van der Waals surface area contributed by atoms with Crippen LogP contribution in [0.2, 0.25) is 0 Å². The summed E-state index contributed by atoms with van der Waals surface area (Å²) < 4.78 is 11.9. The van der Waals surface area contributed by atoms with Crippen LogP contribution in [0.15, 0.2) is 5.38 Å². The summed E-state index contributed by atoms with van der Waals surface area (Å²) in [6.07, 6.45) is 0.513. The van der Waals surface area contributed by atoms with Crippen LogP contribution < -0.4 is 0 Å². The Kier molecular flexibility index (Phi) is 1.34. The number of hydrogen-bond donors (Lipinski definition) is 0. The van der Waals surface area contributed by atoms with Gasteiger partial charge >= 0.3 is 0 Å². The Morgan fingerprint density at radius 3 is 2.88 bits per heavy atom. The van der Waals surface area contributed by atoms with Gasteiger partial charge in [-0.25, -0.2) is 4.98 Å². The van der Waals surface area contributed by atoms with Crippen molar-refractivity contribution in [2.45, 2.75) is 0 Å². The Morgan fingerprint density at radius 2 is 2.62 bits per heavy atom. The van der Waals surface area contributed by atoms with E-state index in [9.17, 15) is 9.18 Å². The van der Waals surface area contributed by atoms with Gasteiger partial charge in [0.05, 0.1) is 0 Å². The minimum absolute atomic E-state index is 0.160. The fourth-order valence-electron chi connectivity index (χ4n) is 0.317. The summed E-state index contributed by atoms with van der Waals surface area (Å²) in [4.78, 5) is 13.0. The summed E-state index contributed by atoms with van der Waals surface area (Å²) in [5.41, 5.74) is 0.160. The maximum absolute atomic E-state index is 11.9. The Morgan fingerprint density at radius 1 is 1.88 bits per heavy atom. The van der Waals surface area contributed by atoms with E-state index in [0.29, 0.717) is 6.29 Å². The summed E-state index contributed by atoms with van der Waals surface area (Å²) in [5, 5.41) is 0.801. The Balaban J connectivity index is 3.00. The van der Waals surface area contributed by atoms with E-state index in [1.807, 2.05) is 0 Å². The lowest BCUT2D eigenvalue weighted by Crippen LogP contribution is -1.76. The molecular weight excluding hydrogens is 129 g/mol. The Labute approximate surface area is 49.0 Å². The smallest absolute Gasteiger partial charge is 0.269 e. The highest BCUT2D eigenvalue weighted by Gasteiger charge is 1.95. The van der Waals surface area contributed by atoms with Crippen LogP contribution in [0.1, 0.15) is 10.5 Å². The second-order valence-corrected chi connectivity index (χ2v) is 1.95. The molecular formula is C4H2FNOS. The maximum atomic E-state index is 11.9. The molecule has 0 unspecified atom stereocenters. The van der Waals surface area contributed by atoms with Gasteiger partial charge in [0.25, 0.3) is 5.26 Å². The van der Waals surface area contributed by atoms with Crippen molar-refractivity contribution < 1.29 is 9.18 Å². The number of thiazole rings is 1. The third-order valence-corrected chi connectivity index (χ3v) is 1.26. The van der Waals surface area contributed by atoms with Gasteiger partial charge in [0.1, 0.15) is 5.69 Å². The van der Waals surface area contributed by atoms with Crippen LogP contribution in [0.3, 0.4) is 0 Å². The van der Waals surface area contributed by atoms with Gasteiger partial charge in [-0.3, -0.25) is 4.79 Å². The predicted octanol–water partition coefficient (Wildman–Crippen LogP) is 1.09. The van der Waals surface area contributed by atoms with E-state index in [1.54, 1.807) is 0 Å². The van der Waals surface area contributed by atoms with Crippen molar-refractivity contribution in [3.05, 3.63) is 16.3 Å². The van der Waals surface area contributed by atoms with Gasteiger partial charge in [0.2, 0.25) is 0 Å². The maximum Gasteiger partial charge on any atom is 0.269 e. The molecule has 0 amide bonds. The van der Waals surface area contributed by atoms with Gasteiger partial charge in [-0.2, -0.15) is 4.39 Å². The van der Waals surface area contributed by atoms with E-state index < -0.39 is 5.26 Å². The summed E-state index contributed by atoms with van der Waals surface area (Å²) in [6.45, 7) is 0. The molecule has 1 rings (SSSR count). The van der Waals surface area contributed by atoms with Crippen LogP contribution in [0.4, 0.5) is 4.39 Å². The Bertz CT molecular complexity index is 198. The lowest BCUT2D eigenvalue weighted by molar-refractivity contribution is 0.111. The summed E-state index contributed by atoms with van der Waals surface area (Å²) in [5.74, 6) is 0. The van der Waals surface area contributed by atoms with E-state index in [-0.39, 0.29) is 5.69 Å². The first-order chi connectivity index (χ1) is 3.83. The van der Waals surface area contributed by atoms with Crippen molar-refractivity contribution in [1.29, 1.82) is 0 Å². The third-order valence-electron chi connectivity index (χ3n) is 0.615. The molecule has 0 bridgehead atoms. The van der Waals surface area contributed by atoms with Gasteiger partial charge in [-0.05, 0) is 0 Å². The zero-order chi connectivity index (χ0) is 5.98. The third kappa shape index (κ3) is 0.894. The van der Waals surface area contributed by atoms with Crippen molar-refractivity contribution in [2.75, 3.05) is 0 Å². The molecule has 4 heteroatoms. The molecule has 0 aromatic carbocycles. The fourth-order valence-corrected chi connectivity index (χ4v) is 0.802. The molecule has 0 aliphatic carbocycles. The van der Waals surface area contributed by atoms with Crippen LogP contribution in [-0.2, 0) is 0 Å². The summed E-state index contributed by atoms with van der Waals surface area (Å²) >= 11 is 0.820. The second-order valence-electron chi connectivity index (χ2n) is 1.14. The number of rotatable bonds is 1. The fraction of sp³-hybridized carbons (Fsp3) is 0. The number of hydrogen-bond acceptors (Lipinski definition) is 3. The zero-order valence-corrected chi connectivity index (χ0v) is 4.61. The lowest BCUT2D eigenvalue weighted by atomic mass is 10.6. The number of aldehydes is 1. The topological polar surface area (TPSA) is 30.0 Å². The molecule has 1 aromatic heterocycles. The van der Waals surface area contributed by atoms with Gasteiger partial charge in [0, 0.05) is 5.38 Å². The molecule has 0 radical (unpaired) electrons. The highest BCUT2D eigenvalue weighted by Crippen LogP contribution is 2.03. The quantitative estimate of drug-likeness (QED) is 0.534. The molecule has 1 heterocycles. The Hall–Kier alpha value is -0.770. The highest BCUT2D eigenvalue weighted by atomic mass is 32.1. The predicted molar refractivity (Wildman–Crippen MR) is 27.5 cm³/mol. The molecule has 0 saturated heterocycles. The van der Waals surface area contributed by atoms with E-state index in [2.05, 4.69) is 4.98 Å². The van der Waals surface area contributed by atoms with Crippen LogP contribution >= 0.6 is 11.3 Å². The van der Waals surface area contributed by atoms with Gasteiger partial charge in [0.15, 0.2) is 6.29 Å². The van der Waals surface area contributed by atoms with Crippen LogP contribution in [0.25, 0.3) is 0 Å². The average molecular weight is 131 g/mol. The number of aromatic nitrogens is 1. The van der Waals surface area contributed by atoms with E-state index in [1.165, 1.54) is 5.38 Å². The van der Waals surface area contributed by atoms with Crippen molar-refractivity contribution >= 4 is 17.6 Å². The molecule has 42 valence electrons. The summed E-state index contributed by atoms with van der Waals surface area (Å²) in [7, 11) is 0. The molecule has 0 N–H and O–H groups in total. The highest BCUT2D eigenvalue weighted by molar-refractivity contribution is 7.08. The molecule has 2 nitrogen and oxygen atoms in total. The van der Waals surface area contributed by atoms with E-state index in [0.717, 1.165) is 11.3 Å². The monoisotopic (exact) mass is 131 g/mol. The van der Waals surface area contributed by atoms with E-state index in [4.69, 9.17) is 0 Å². The molecule has 0 fully saturated rings. The molecule has 0 spiro atoms. The van der Waals surface area contributed by atoms with Crippen LogP contribution in [0.5, 0.6) is 0 Å². The van der Waals surface area contributed by atoms with Gasteiger partial charge in [-0.1, -0.05) is 11.3 Å². The van der Waals surface area contributed by atoms with E-state index >= 15 is 0 Å². The second kappa shape index (κ2) is 2.00. The lowest BCUT2D eigenvalue weighted by Gasteiger charge is -1.67. The normalized spacial score (nSPS) is 9.12. The first-order valence-electron chi connectivity index (χ1n) is 1.89. The molecule has 0 atom stereocenters. The first-order valence-corrected chi connectivity index (χ1v) is 2.77. The van der Waals surface area contributed by atoms with Gasteiger partial charge < -0.3 is 0 Å². The molecule has 0 saturated carbocycles. The SMILES string of the molecule is O=Cc1csc(F)n1. The largest absolute Gasteiger partial charge is 0.296 e. The summed E-state index contributed by atoms with van der Waals surface area (Å²) in [6, 6.07) is 0. The van der Waals surface area contributed by atoms with Crippen molar-refractivity contribution in [3.63, 3.8) is 0 Å². The van der Waals surface area contributed by atoms with Crippen molar-refractivity contribution in [3.8, 4) is 0 Å². The van der Waals surface area contributed by atoms with Crippen molar-refractivity contribution in [2.24, 2.45) is 0 Å². The number of carbonyl (C=O) groups excluding carboxylic acids is 1. The molecule has 0 aliphatic heterocycles. The average Bonchev–Trinajstić information content (AvgIpc) is 2.14. The van der Waals surface area contributed by atoms with Crippen LogP contribution in [0, 0.1) is 5.26 Å². The zero-order valence-electron chi connectivity index (χ0n) is 3.80. The number of halogens is 1. The molecule has 0 aliphatic rings. The van der Waals surface area contributed by atoms with Crippen molar-refractivity contribution in [1.82, 2.24) is 4.98 Å². The van der Waals surface area contributed by atoms with Crippen LogP contribution in [-0.4, -0.2) is 11.3 Å². The number of nitrogens with zero attached hydrogens (tertiary/aromatic N) is 1. The standard InChI is InChI=1S/C4H2FNOS/c5-4-6-3(1-7)2-8-4/h1-2H. The number of carbonyl (C=O) groups is 1. The van der Waals surface area contributed by atoms with Gasteiger partial charge in [-0.15, -0.1) is 0 Å². The first kappa shape index (κ1) is 5.37. The molecule has 1 aromatic rings. The molecule has 8 heavy (non-hydrogen) atoms. The minimum atomic E-state index is -0.563. The minimum Gasteiger partial charge on any atom is -0.296 e.